The molecule has 0 saturated heterocycles. The molecule has 0 amide bonds. The van der Waals surface area contributed by atoms with Crippen LogP contribution in [0.15, 0.2) is 103 Å². The Morgan fingerprint density at radius 1 is 0.848 bits per heavy atom. The minimum absolute atomic E-state index is 0.0787. The number of fused-ring (bicyclic) bond motifs is 1. The molecule has 0 atom stereocenters. The highest BCUT2D eigenvalue weighted by atomic mass is 16.6. The van der Waals surface area contributed by atoms with E-state index < -0.39 is 0 Å². The monoisotopic (exact) mass is 434 g/mol. The molecule has 6 nitrogen and oxygen atoms in total. The highest BCUT2D eigenvalue weighted by Gasteiger charge is 2.18. The van der Waals surface area contributed by atoms with Crippen LogP contribution in [0.3, 0.4) is 0 Å². The van der Waals surface area contributed by atoms with Crippen LogP contribution in [0.25, 0.3) is 16.5 Å². The summed E-state index contributed by atoms with van der Waals surface area (Å²) in [4.78, 5) is 16.0. The number of hydrogen-bond acceptors (Lipinski definition) is 4. The Kier molecular flexibility index (Phi) is 5.55. The number of nitro groups is 1. The van der Waals surface area contributed by atoms with Crippen LogP contribution in [0.5, 0.6) is 0 Å². The Hall–Kier alpha value is -4.45. The number of aromatic nitrogens is 2. The topological polar surface area (TPSA) is 73.0 Å². The summed E-state index contributed by atoms with van der Waals surface area (Å²) in [5.41, 5.74) is 3.60. The van der Waals surface area contributed by atoms with E-state index in [2.05, 4.69) is 27.0 Å². The SMILES string of the molecule is O=[N+]([O-])c1c(Nc2ccc(-n3ccnc3CCc3ccccc3)cc2)ccc2ccccc12. The molecule has 0 spiro atoms. The van der Waals surface area contributed by atoms with Crippen LogP contribution in [0, 0.1) is 10.1 Å². The highest BCUT2D eigenvalue weighted by Crippen LogP contribution is 2.35. The van der Waals surface area contributed by atoms with Gasteiger partial charge in [-0.1, -0.05) is 54.6 Å². The first kappa shape index (κ1) is 20.5. The summed E-state index contributed by atoms with van der Waals surface area (Å²) in [7, 11) is 0. The summed E-state index contributed by atoms with van der Waals surface area (Å²) in [6.45, 7) is 0. The second-order valence-corrected chi connectivity index (χ2v) is 7.81. The predicted molar refractivity (Wildman–Crippen MR) is 131 cm³/mol. The molecule has 5 aromatic rings. The van der Waals surface area contributed by atoms with Gasteiger partial charge in [-0.2, -0.15) is 0 Å². The van der Waals surface area contributed by atoms with Crippen LogP contribution in [0.1, 0.15) is 11.4 Å². The zero-order valence-electron chi connectivity index (χ0n) is 17.9. The van der Waals surface area contributed by atoms with Crippen molar-refractivity contribution in [3.63, 3.8) is 0 Å². The first-order valence-corrected chi connectivity index (χ1v) is 10.8. The third-order valence-corrected chi connectivity index (χ3v) is 5.71. The average molecular weight is 434 g/mol. The average Bonchev–Trinajstić information content (AvgIpc) is 3.32. The van der Waals surface area contributed by atoms with Crippen LogP contribution >= 0.6 is 0 Å². The number of anilines is 2. The standard InChI is InChI=1S/C27H22N4O2/c32-31(33)27-24-9-5-4-8-21(24)11-16-25(27)29-22-12-14-23(15-13-22)30-19-18-28-26(30)17-10-20-6-2-1-3-7-20/h1-9,11-16,18-19,29H,10,17H2. The lowest BCUT2D eigenvalue weighted by atomic mass is 10.1. The van der Waals surface area contributed by atoms with Gasteiger partial charge in [-0.15, -0.1) is 0 Å². The van der Waals surface area contributed by atoms with Crippen LogP contribution in [0.4, 0.5) is 17.1 Å². The van der Waals surface area contributed by atoms with Crippen molar-refractivity contribution in [1.29, 1.82) is 0 Å². The molecule has 0 aliphatic rings. The summed E-state index contributed by atoms with van der Waals surface area (Å²) < 4.78 is 2.07. The number of rotatable bonds is 7. The Morgan fingerprint density at radius 2 is 1.61 bits per heavy atom. The fraction of sp³-hybridized carbons (Fsp3) is 0.0741. The number of aryl methyl sites for hydroxylation is 2. The summed E-state index contributed by atoms with van der Waals surface area (Å²) >= 11 is 0. The van der Waals surface area contributed by atoms with Gasteiger partial charge in [0.25, 0.3) is 5.69 Å². The summed E-state index contributed by atoms with van der Waals surface area (Å²) in [6.07, 6.45) is 5.52. The van der Waals surface area contributed by atoms with Crippen molar-refractivity contribution in [2.75, 3.05) is 5.32 Å². The van der Waals surface area contributed by atoms with E-state index in [-0.39, 0.29) is 10.6 Å². The second-order valence-electron chi connectivity index (χ2n) is 7.81. The van der Waals surface area contributed by atoms with Crippen molar-refractivity contribution in [2.45, 2.75) is 12.8 Å². The molecule has 0 unspecified atom stereocenters. The molecule has 0 aliphatic carbocycles. The van der Waals surface area contributed by atoms with E-state index in [1.165, 1.54) is 5.56 Å². The molecular weight excluding hydrogens is 412 g/mol. The molecule has 4 aromatic carbocycles. The van der Waals surface area contributed by atoms with E-state index in [4.69, 9.17) is 0 Å². The summed E-state index contributed by atoms with van der Waals surface area (Å²) in [6, 6.07) is 29.2. The van der Waals surface area contributed by atoms with Crippen molar-refractivity contribution < 1.29 is 4.92 Å². The second kappa shape index (κ2) is 8.96. The summed E-state index contributed by atoms with van der Waals surface area (Å²) in [5, 5.41) is 16.5. The van der Waals surface area contributed by atoms with Crippen molar-refractivity contribution >= 4 is 27.8 Å². The number of hydrogen-bond donors (Lipinski definition) is 1. The maximum absolute atomic E-state index is 11.8. The molecule has 1 aromatic heterocycles. The fourth-order valence-corrected chi connectivity index (χ4v) is 4.07. The lowest BCUT2D eigenvalue weighted by Crippen LogP contribution is -2.03. The predicted octanol–water partition coefficient (Wildman–Crippen LogP) is 6.46. The molecule has 0 saturated carbocycles. The Morgan fingerprint density at radius 3 is 2.39 bits per heavy atom. The number of nitrogens with one attached hydrogen (secondary N) is 1. The zero-order valence-corrected chi connectivity index (χ0v) is 17.9. The highest BCUT2D eigenvalue weighted by molar-refractivity contribution is 5.97. The van der Waals surface area contributed by atoms with E-state index in [1.54, 1.807) is 12.1 Å². The lowest BCUT2D eigenvalue weighted by molar-refractivity contribution is -0.382. The molecular formula is C27H22N4O2. The number of imidazole rings is 1. The molecule has 1 N–H and O–H groups in total. The number of benzene rings is 4. The van der Waals surface area contributed by atoms with Gasteiger partial charge < -0.3 is 9.88 Å². The molecule has 6 heteroatoms. The van der Waals surface area contributed by atoms with Crippen LogP contribution in [-0.4, -0.2) is 14.5 Å². The van der Waals surface area contributed by atoms with E-state index >= 15 is 0 Å². The third kappa shape index (κ3) is 4.32. The number of nitrogens with zero attached hydrogens (tertiary/aromatic N) is 3. The molecule has 0 bridgehead atoms. The molecule has 0 fully saturated rings. The quantitative estimate of drug-likeness (QED) is 0.236. The Bertz CT molecular complexity index is 1410. The molecule has 5 rings (SSSR count). The largest absolute Gasteiger partial charge is 0.350 e. The maximum Gasteiger partial charge on any atom is 0.300 e. The fourth-order valence-electron chi connectivity index (χ4n) is 4.07. The van der Waals surface area contributed by atoms with Gasteiger partial charge in [0.1, 0.15) is 11.5 Å². The molecule has 162 valence electrons. The van der Waals surface area contributed by atoms with Gasteiger partial charge in [-0.3, -0.25) is 10.1 Å². The molecule has 0 radical (unpaired) electrons. The lowest BCUT2D eigenvalue weighted by Gasteiger charge is -2.12. The van der Waals surface area contributed by atoms with Crippen LogP contribution in [0.2, 0.25) is 0 Å². The van der Waals surface area contributed by atoms with Gasteiger partial charge >= 0.3 is 0 Å². The van der Waals surface area contributed by atoms with Gasteiger partial charge in [0.2, 0.25) is 0 Å². The maximum atomic E-state index is 11.8. The normalized spacial score (nSPS) is 10.9. The summed E-state index contributed by atoms with van der Waals surface area (Å²) in [5.74, 6) is 0.990. The Labute approximate surface area is 191 Å². The number of nitro benzene ring substituents is 1. The van der Waals surface area contributed by atoms with E-state index in [0.717, 1.165) is 35.4 Å². The van der Waals surface area contributed by atoms with Crippen molar-refractivity contribution in [3.8, 4) is 5.69 Å². The smallest absolute Gasteiger partial charge is 0.300 e. The zero-order chi connectivity index (χ0) is 22.6. The molecule has 0 aliphatic heterocycles. The molecule has 1 heterocycles. The van der Waals surface area contributed by atoms with E-state index in [9.17, 15) is 10.1 Å². The van der Waals surface area contributed by atoms with Crippen molar-refractivity contribution in [2.24, 2.45) is 0 Å². The minimum atomic E-state index is -0.330. The molecule has 33 heavy (non-hydrogen) atoms. The van der Waals surface area contributed by atoms with Crippen molar-refractivity contribution in [3.05, 3.63) is 125 Å². The van der Waals surface area contributed by atoms with Gasteiger partial charge in [0.05, 0.1) is 10.3 Å². The minimum Gasteiger partial charge on any atom is -0.350 e. The Balaban J connectivity index is 1.37. The van der Waals surface area contributed by atoms with Crippen molar-refractivity contribution in [1.82, 2.24) is 9.55 Å². The van der Waals surface area contributed by atoms with Gasteiger partial charge in [-0.05, 0) is 53.8 Å². The first-order chi connectivity index (χ1) is 16.2. The van der Waals surface area contributed by atoms with Gasteiger partial charge in [-0.25, -0.2) is 4.98 Å². The first-order valence-electron chi connectivity index (χ1n) is 10.8. The van der Waals surface area contributed by atoms with E-state index in [1.807, 2.05) is 79.1 Å². The van der Waals surface area contributed by atoms with Crippen LogP contribution < -0.4 is 5.32 Å². The third-order valence-electron chi connectivity index (χ3n) is 5.71. The van der Waals surface area contributed by atoms with E-state index in [0.29, 0.717) is 11.1 Å². The van der Waals surface area contributed by atoms with Gasteiger partial charge in [0.15, 0.2) is 0 Å². The van der Waals surface area contributed by atoms with Crippen LogP contribution in [-0.2, 0) is 12.8 Å². The van der Waals surface area contributed by atoms with Gasteiger partial charge in [0, 0.05) is 30.2 Å².